The van der Waals surface area contributed by atoms with Gasteiger partial charge < -0.3 is 4.90 Å². The summed E-state index contributed by atoms with van der Waals surface area (Å²) in [5.74, 6) is -0.391. The largest absolute Gasteiger partial charge is 0.435 e. The van der Waals surface area contributed by atoms with Crippen LogP contribution in [0.3, 0.4) is 0 Å². The van der Waals surface area contributed by atoms with Gasteiger partial charge in [-0.15, -0.1) is 0 Å². The Hall–Kier alpha value is -1.57. The van der Waals surface area contributed by atoms with Gasteiger partial charge in [-0.05, 0) is 20.3 Å². The van der Waals surface area contributed by atoms with Gasteiger partial charge in [0.2, 0.25) is 0 Å². The second-order valence-corrected chi connectivity index (χ2v) is 6.18. The number of hydrogen-bond donors (Lipinski definition) is 0. The molecular weight excluding hydrogens is 309 g/mol. The molecule has 0 saturated carbocycles. The third-order valence-corrected chi connectivity index (χ3v) is 4.34. The Labute approximate surface area is 134 Å². The standard InChI is InChI=1S/C15H23F3N4O/c1-5-11-9-21(6-7-22(11)10(2)3)14(23)12-8-13(15(16,17)18)19-20(12)4/h8,10-11H,5-7,9H2,1-4H3. The number of aryl methyl sites for hydroxylation is 1. The van der Waals surface area contributed by atoms with Crippen LogP contribution >= 0.6 is 0 Å². The molecule has 0 spiro atoms. The highest BCUT2D eigenvalue weighted by Gasteiger charge is 2.37. The molecule has 1 atom stereocenters. The van der Waals surface area contributed by atoms with Crippen LogP contribution in [0.4, 0.5) is 13.2 Å². The maximum atomic E-state index is 12.7. The SMILES string of the molecule is CCC1CN(C(=O)c2cc(C(F)(F)F)nn2C)CCN1C(C)C. The lowest BCUT2D eigenvalue weighted by Crippen LogP contribution is -2.56. The molecule has 1 saturated heterocycles. The monoisotopic (exact) mass is 332 g/mol. The highest BCUT2D eigenvalue weighted by atomic mass is 19.4. The van der Waals surface area contributed by atoms with E-state index in [1.165, 1.54) is 7.05 Å². The molecule has 0 N–H and O–H groups in total. The van der Waals surface area contributed by atoms with E-state index in [2.05, 4.69) is 30.8 Å². The second kappa shape index (κ2) is 6.51. The molecule has 0 bridgehead atoms. The lowest BCUT2D eigenvalue weighted by molar-refractivity contribution is -0.141. The highest BCUT2D eigenvalue weighted by Crippen LogP contribution is 2.29. The zero-order valence-corrected chi connectivity index (χ0v) is 13.9. The number of alkyl halides is 3. The van der Waals surface area contributed by atoms with E-state index in [4.69, 9.17) is 0 Å². The molecule has 1 aliphatic rings. The van der Waals surface area contributed by atoms with Crippen LogP contribution in [-0.4, -0.2) is 57.2 Å². The summed E-state index contributed by atoms with van der Waals surface area (Å²) in [6.07, 6.45) is -3.65. The number of amides is 1. The van der Waals surface area contributed by atoms with Crippen molar-refractivity contribution in [3.8, 4) is 0 Å². The molecule has 1 amide bonds. The molecule has 1 aromatic heterocycles. The Morgan fingerprint density at radius 2 is 2.04 bits per heavy atom. The van der Waals surface area contributed by atoms with Crippen LogP contribution in [0.25, 0.3) is 0 Å². The minimum atomic E-state index is -4.54. The van der Waals surface area contributed by atoms with Gasteiger partial charge in [-0.1, -0.05) is 6.92 Å². The molecule has 2 heterocycles. The van der Waals surface area contributed by atoms with Gasteiger partial charge in [-0.25, -0.2) is 0 Å². The summed E-state index contributed by atoms with van der Waals surface area (Å²) in [4.78, 5) is 16.5. The topological polar surface area (TPSA) is 41.4 Å². The zero-order chi connectivity index (χ0) is 17.4. The van der Waals surface area contributed by atoms with Crippen LogP contribution in [-0.2, 0) is 13.2 Å². The fourth-order valence-corrected chi connectivity index (χ4v) is 3.07. The Morgan fingerprint density at radius 3 is 2.52 bits per heavy atom. The molecule has 0 aliphatic carbocycles. The minimum absolute atomic E-state index is 0.0230. The van der Waals surface area contributed by atoms with E-state index in [0.717, 1.165) is 23.7 Å². The average Bonchev–Trinajstić information content (AvgIpc) is 2.87. The van der Waals surface area contributed by atoms with E-state index >= 15 is 0 Å². The Morgan fingerprint density at radius 1 is 1.39 bits per heavy atom. The zero-order valence-electron chi connectivity index (χ0n) is 13.9. The first-order chi connectivity index (χ1) is 10.6. The molecule has 23 heavy (non-hydrogen) atoms. The maximum Gasteiger partial charge on any atom is 0.435 e. The van der Waals surface area contributed by atoms with E-state index in [1.807, 2.05) is 0 Å². The van der Waals surface area contributed by atoms with Crippen LogP contribution in [0.1, 0.15) is 43.4 Å². The Kier molecular flexibility index (Phi) is 5.03. The van der Waals surface area contributed by atoms with Crippen molar-refractivity contribution in [2.75, 3.05) is 19.6 Å². The van der Waals surface area contributed by atoms with E-state index in [0.29, 0.717) is 19.1 Å². The van der Waals surface area contributed by atoms with Gasteiger partial charge in [0.15, 0.2) is 5.69 Å². The molecule has 1 fully saturated rings. The summed E-state index contributed by atoms with van der Waals surface area (Å²) < 4.78 is 39.2. The van der Waals surface area contributed by atoms with Gasteiger partial charge in [0, 0.05) is 44.8 Å². The van der Waals surface area contributed by atoms with E-state index in [9.17, 15) is 18.0 Å². The average molecular weight is 332 g/mol. The summed E-state index contributed by atoms with van der Waals surface area (Å²) >= 11 is 0. The third-order valence-electron chi connectivity index (χ3n) is 4.34. The van der Waals surface area contributed by atoms with Crippen LogP contribution in [0.15, 0.2) is 6.07 Å². The predicted octanol–water partition coefficient (Wildman–Crippen LogP) is 2.38. The van der Waals surface area contributed by atoms with Gasteiger partial charge in [-0.2, -0.15) is 18.3 Å². The summed E-state index contributed by atoms with van der Waals surface area (Å²) in [5, 5.41) is 3.41. The van der Waals surface area contributed by atoms with Crippen molar-refractivity contribution in [1.82, 2.24) is 19.6 Å². The smallest absolute Gasteiger partial charge is 0.334 e. The first kappa shape index (κ1) is 17.8. The van der Waals surface area contributed by atoms with Crippen molar-refractivity contribution < 1.29 is 18.0 Å². The summed E-state index contributed by atoms with van der Waals surface area (Å²) in [5.41, 5.74) is -1.05. The first-order valence-electron chi connectivity index (χ1n) is 7.81. The lowest BCUT2D eigenvalue weighted by Gasteiger charge is -2.43. The number of hydrogen-bond acceptors (Lipinski definition) is 3. The first-order valence-corrected chi connectivity index (χ1v) is 7.81. The number of nitrogens with zero attached hydrogens (tertiary/aromatic N) is 4. The number of aromatic nitrogens is 2. The fourth-order valence-electron chi connectivity index (χ4n) is 3.07. The lowest BCUT2D eigenvalue weighted by atomic mass is 10.1. The molecule has 0 aromatic carbocycles. The molecule has 5 nitrogen and oxygen atoms in total. The van der Waals surface area contributed by atoms with E-state index in [-0.39, 0.29) is 11.7 Å². The molecular formula is C15H23F3N4O. The molecule has 1 unspecified atom stereocenters. The third kappa shape index (κ3) is 3.68. The number of carbonyl (C=O) groups excluding carboxylic acids is 1. The Balaban J connectivity index is 2.17. The number of rotatable bonds is 3. The number of halogens is 3. The van der Waals surface area contributed by atoms with Gasteiger partial charge in [0.1, 0.15) is 5.69 Å². The highest BCUT2D eigenvalue weighted by molar-refractivity contribution is 5.92. The van der Waals surface area contributed by atoms with Gasteiger partial charge in [0.25, 0.3) is 5.91 Å². The van der Waals surface area contributed by atoms with Crippen molar-refractivity contribution >= 4 is 5.91 Å². The Bertz CT molecular complexity index is 568. The molecule has 2 rings (SSSR count). The molecule has 0 radical (unpaired) electrons. The van der Waals surface area contributed by atoms with Crippen LogP contribution < -0.4 is 0 Å². The van der Waals surface area contributed by atoms with Crippen molar-refractivity contribution in [1.29, 1.82) is 0 Å². The van der Waals surface area contributed by atoms with Crippen LogP contribution in [0.2, 0.25) is 0 Å². The van der Waals surface area contributed by atoms with Crippen molar-refractivity contribution in [2.45, 2.75) is 45.5 Å². The normalized spacial score (nSPS) is 20.3. The van der Waals surface area contributed by atoms with Crippen molar-refractivity contribution in [3.63, 3.8) is 0 Å². The number of carbonyl (C=O) groups is 1. The second-order valence-electron chi connectivity index (χ2n) is 6.18. The molecule has 130 valence electrons. The molecule has 8 heteroatoms. The maximum absolute atomic E-state index is 12.7. The molecule has 1 aromatic rings. The molecule has 1 aliphatic heterocycles. The van der Waals surface area contributed by atoms with E-state index in [1.54, 1.807) is 4.90 Å². The van der Waals surface area contributed by atoms with Gasteiger partial charge in [-0.3, -0.25) is 14.4 Å². The summed E-state index contributed by atoms with van der Waals surface area (Å²) in [6, 6.07) is 1.44. The minimum Gasteiger partial charge on any atom is -0.334 e. The predicted molar refractivity (Wildman–Crippen MR) is 80.0 cm³/mol. The van der Waals surface area contributed by atoms with Crippen LogP contribution in [0.5, 0.6) is 0 Å². The van der Waals surface area contributed by atoms with Gasteiger partial charge >= 0.3 is 6.18 Å². The van der Waals surface area contributed by atoms with Crippen LogP contribution in [0, 0.1) is 0 Å². The quantitative estimate of drug-likeness (QED) is 0.853. The summed E-state index contributed by atoms with van der Waals surface area (Å²) in [7, 11) is 1.37. The van der Waals surface area contributed by atoms with Gasteiger partial charge in [0.05, 0.1) is 0 Å². The van der Waals surface area contributed by atoms with E-state index < -0.39 is 17.8 Å². The summed E-state index contributed by atoms with van der Waals surface area (Å²) in [6.45, 7) is 8.04. The van der Waals surface area contributed by atoms with Crippen molar-refractivity contribution in [2.24, 2.45) is 7.05 Å². The fraction of sp³-hybridized carbons (Fsp3) is 0.733. The van der Waals surface area contributed by atoms with Crippen molar-refractivity contribution in [3.05, 3.63) is 17.5 Å². The number of piperazine rings is 1.